The summed E-state index contributed by atoms with van der Waals surface area (Å²) in [5, 5.41) is 5.10. The normalized spacial score (nSPS) is 10.7. The van der Waals surface area contributed by atoms with E-state index in [1.54, 1.807) is 6.20 Å². The fourth-order valence-electron chi connectivity index (χ4n) is 0.884. The molecule has 0 saturated carbocycles. The molecule has 0 aliphatic heterocycles. The molecule has 0 aliphatic rings. The molecule has 0 spiro atoms. The summed E-state index contributed by atoms with van der Waals surface area (Å²) in [4.78, 5) is 0. The van der Waals surface area contributed by atoms with Gasteiger partial charge in [0.2, 0.25) is 0 Å². The van der Waals surface area contributed by atoms with Gasteiger partial charge in [-0.15, -0.1) is 0 Å². The fourth-order valence-corrected chi connectivity index (χ4v) is 1.44. The molecule has 0 aliphatic carbocycles. The van der Waals surface area contributed by atoms with Crippen LogP contribution >= 0.6 is 27.5 Å². The Hall–Kier alpha value is -0.540. The third-order valence-corrected chi connectivity index (χ3v) is 2.72. The zero-order chi connectivity index (χ0) is 7.84. The molecule has 2 aromatic rings. The first kappa shape index (κ1) is 7.13. The first-order valence-electron chi connectivity index (χ1n) is 2.97. The Labute approximate surface area is 76.2 Å². The zero-order valence-electron chi connectivity index (χ0n) is 5.34. The molecule has 4 heteroatoms. The van der Waals surface area contributed by atoms with Crippen LogP contribution in [0.15, 0.2) is 27.3 Å². The lowest BCUT2D eigenvalue weighted by Gasteiger charge is -1.93. The van der Waals surface area contributed by atoms with Crippen LogP contribution in [-0.4, -0.2) is 5.16 Å². The van der Waals surface area contributed by atoms with Crippen molar-refractivity contribution in [3.8, 4) is 0 Å². The first-order chi connectivity index (χ1) is 5.29. The molecule has 56 valence electrons. The van der Waals surface area contributed by atoms with Gasteiger partial charge in [-0.1, -0.05) is 16.8 Å². The molecule has 1 heterocycles. The van der Waals surface area contributed by atoms with E-state index < -0.39 is 0 Å². The molecule has 0 bridgehead atoms. The average molecular weight is 232 g/mol. The predicted molar refractivity (Wildman–Crippen MR) is 46.7 cm³/mol. The van der Waals surface area contributed by atoms with Crippen LogP contribution in [-0.2, 0) is 0 Å². The van der Waals surface area contributed by atoms with Crippen LogP contribution in [0.5, 0.6) is 0 Å². The number of hydrogen-bond acceptors (Lipinski definition) is 2. The van der Waals surface area contributed by atoms with Gasteiger partial charge in [0, 0.05) is 4.47 Å². The summed E-state index contributed by atoms with van der Waals surface area (Å²) in [6, 6.07) is 3.65. The molecule has 0 N–H and O–H groups in total. The standard InChI is InChI=1S/C7H3BrClNO/c8-5-1-2-6-4(7(5)9)3-10-11-6/h1-3H. The van der Waals surface area contributed by atoms with Gasteiger partial charge >= 0.3 is 0 Å². The van der Waals surface area contributed by atoms with Crippen LogP contribution in [0, 0.1) is 0 Å². The topological polar surface area (TPSA) is 26.0 Å². The molecular formula is C7H3BrClNO. The van der Waals surface area contributed by atoms with Crippen molar-refractivity contribution in [1.29, 1.82) is 0 Å². The van der Waals surface area contributed by atoms with E-state index in [1.165, 1.54) is 0 Å². The highest BCUT2D eigenvalue weighted by atomic mass is 79.9. The van der Waals surface area contributed by atoms with Crippen molar-refractivity contribution in [1.82, 2.24) is 5.16 Å². The number of fused-ring (bicyclic) bond motifs is 1. The first-order valence-corrected chi connectivity index (χ1v) is 4.14. The van der Waals surface area contributed by atoms with Crippen molar-refractivity contribution in [2.24, 2.45) is 0 Å². The Balaban J connectivity index is 2.93. The average Bonchev–Trinajstić information content (AvgIpc) is 2.45. The monoisotopic (exact) mass is 231 g/mol. The highest BCUT2D eigenvalue weighted by molar-refractivity contribution is 9.10. The summed E-state index contributed by atoms with van der Waals surface area (Å²) in [6.45, 7) is 0. The van der Waals surface area contributed by atoms with Gasteiger partial charge in [0.15, 0.2) is 5.58 Å². The minimum Gasteiger partial charge on any atom is -0.356 e. The van der Waals surface area contributed by atoms with Gasteiger partial charge in [-0.05, 0) is 28.1 Å². The molecule has 11 heavy (non-hydrogen) atoms. The van der Waals surface area contributed by atoms with Crippen LogP contribution in [0.2, 0.25) is 5.02 Å². The molecule has 0 unspecified atom stereocenters. The molecule has 2 nitrogen and oxygen atoms in total. The maximum atomic E-state index is 5.92. The predicted octanol–water partition coefficient (Wildman–Crippen LogP) is 3.24. The molecule has 1 aromatic heterocycles. The Morgan fingerprint density at radius 3 is 3.09 bits per heavy atom. The summed E-state index contributed by atoms with van der Waals surface area (Å²) in [5.74, 6) is 0. The second-order valence-electron chi connectivity index (χ2n) is 2.10. The third kappa shape index (κ3) is 1.04. The lowest BCUT2D eigenvalue weighted by Crippen LogP contribution is -1.68. The van der Waals surface area contributed by atoms with E-state index in [0.717, 1.165) is 9.86 Å². The molecule has 0 fully saturated rings. The zero-order valence-corrected chi connectivity index (χ0v) is 7.69. The largest absolute Gasteiger partial charge is 0.356 e. The maximum Gasteiger partial charge on any atom is 0.168 e. The second-order valence-corrected chi connectivity index (χ2v) is 3.33. The summed E-state index contributed by atoms with van der Waals surface area (Å²) >= 11 is 9.22. The molecule has 0 radical (unpaired) electrons. The Morgan fingerprint density at radius 2 is 2.27 bits per heavy atom. The number of hydrogen-bond donors (Lipinski definition) is 0. The molecule has 2 rings (SSSR count). The number of nitrogens with zero attached hydrogens (tertiary/aromatic N) is 1. The van der Waals surface area contributed by atoms with E-state index in [9.17, 15) is 0 Å². The lowest BCUT2D eigenvalue weighted by molar-refractivity contribution is 0.456. The molecule has 1 aromatic carbocycles. The van der Waals surface area contributed by atoms with Crippen LogP contribution in [0.25, 0.3) is 11.0 Å². The van der Waals surface area contributed by atoms with Gasteiger partial charge in [-0.2, -0.15) is 0 Å². The number of rotatable bonds is 0. The Morgan fingerprint density at radius 1 is 1.45 bits per heavy atom. The van der Waals surface area contributed by atoms with Crippen LogP contribution in [0.3, 0.4) is 0 Å². The van der Waals surface area contributed by atoms with Crippen LogP contribution < -0.4 is 0 Å². The van der Waals surface area contributed by atoms with Crippen LogP contribution in [0.1, 0.15) is 0 Å². The number of aromatic nitrogens is 1. The molecule has 0 amide bonds. The summed E-state index contributed by atoms with van der Waals surface area (Å²) in [5.41, 5.74) is 0.707. The van der Waals surface area contributed by atoms with Crippen LogP contribution in [0.4, 0.5) is 0 Å². The van der Waals surface area contributed by atoms with E-state index in [2.05, 4.69) is 21.1 Å². The van der Waals surface area contributed by atoms with Gasteiger partial charge in [0.05, 0.1) is 16.6 Å². The van der Waals surface area contributed by atoms with Gasteiger partial charge in [-0.3, -0.25) is 0 Å². The summed E-state index contributed by atoms with van der Waals surface area (Å²) in [7, 11) is 0. The minimum atomic E-state index is 0.642. The number of benzene rings is 1. The smallest absolute Gasteiger partial charge is 0.168 e. The van der Waals surface area contributed by atoms with E-state index in [4.69, 9.17) is 16.1 Å². The summed E-state index contributed by atoms with van der Waals surface area (Å²) in [6.07, 6.45) is 1.60. The SMILES string of the molecule is Clc1c(Br)ccc2oncc12. The Kier molecular flexibility index (Phi) is 1.62. The minimum absolute atomic E-state index is 0.642. The van der Waals surface area contributed by atoms with E-state index in [1.807, 2.05) is 12.1 Å². The second kappa shape index (κ2) is 2.50. The van der Waals surface area contributed by atoms with E-state index in [-0.39, 0.29) is 0 Å². The van der Waals surface area contributed by atoms with Gasteiger partial charge in [-0.25, -0.2) is 0 Å². The maximum absolute atomic E-state index is 5.92. The third-order valence-electron chi connectivity index (χ3n) is 1.43. The lowest BCUT2D eigenvalue weighted by atomic mass is 10.3. The van der Waals surface area contributed by atoms with Crippen molar-refractivity contribution < 1.29 is 4.52 Å². The van der Waals surface area contributed by atoms with E-state index in [0.29, 0.717) is 10.6 Å². The number of halogens is 2. The molecule has 0 atom stereocenters. The fraction of sp³-hybridized carbons (Fsp3) is 0. The van der Waals surface area contributed by atoms with Crippen molar-refractivity contribution in [2.45, 2.75) is 0 Å². The van der Waals surface area contributed by atoms with Gasteiger partial charge in [0.25, 0.3) is 0 Å². The van der Waals surface area contributed by atoms with Gasteiger partial charge < -0.3 is 4.52 Å². The summed E-state index contributed by atoms with van der Waals surface area (Å²) < 4.78 is 5.75. The highest BCUT2D eigenvalue weighted by Crippen LogP contribution is 2.30. The van der Waals surface area contributed by atoms with Crippen molar-refractivity contribution in [3.05, 3.63) is 27.8 Å². The van der Waals surface area contributed by atoms with Crippen molar-refractivity contribution in [2.75, 3.05) is 0 Å². The highest BCUT2D eigenvalue weighted by Gasteiger charge is 2.05. The molecular weight excluding hydrogens is 229 g/mol. The van der Waals surface area contributed by atoms with Gasteiger partial charge in [0.1, 0.15) is 0 Å². The van der Waals surface area contributed by atoms with E-state index >= 15 is 0 Å². The quantitative estimate of drug-likeness (QED) is 0.697. The van der Waals surface area contributed by atoms with Crippen molar-refractivity contribution >= 4 is 38.5 Å². The van der Waals surface area contributed by atoms with Crippen molar-refractivity contribution in [3.63, 3.8) is 0 Å². The molecule has 0 saturated heterocycles. The Bertz CT molecular complexity index is 398.